The Kier molecular flexibility index (Phi) is 5.99. The Balaban J connectivity index is 2.36. The highest BCUT2D eigenvalue weighted by molar-refractivity contribution is 5.31. The summed E-state index contributed by atoms with van der Waals surface area (Å²) in [4.78, 5) is 14.1. The minimum absolute atomic E-state index is 0.130. The molecule has 0 bridgehead atoms. The van der Waals surface area contributed by atoms with E-state index in [1.807, 2.05) is 36.7 Å². The summed E-state index contributed by atoms with van der Waals surface area (Å²) in [5.41, 5.74) is 2.41. The summed E-state index contributed by atoms with van der Waals surface area (Å²) in [6.45, 7) is 6.24. The number of unbranched alkanes of at least 4 members (excludes halogenated alkanes) is 1. The molecule has 0 radical (unpaired) electrons. The van der Waals surface area contributed by atoms with Crippen LogP contribution in [0.15, 0.2) is 41.2 Å². The summed E-state index contributed by atoms with van der Waals surface area (Å²) in [7, 11) is 2.02. The highest BCUT2D eigenvalue weighted by Crippen LogP contribution is 2.18. The molecule has 0 saturated heterocycles. The Morgan fingerprint density at radius 2 is 1.91 bits per heavy atom. The van der Waals surface area contributed by atoms with Crippen LogP contribution in [0.5, 0.6) is 5.75 Å². The van der Waals surface area contributed by atoms with Gasteiger partial charge < -0.3 is 14.6 Å². The molecule has 0 amide bonds. The van der Waals surface area contributed by atoms with E-state index in [9.17, 15) is 9.90 Å². The fourth-order valence-corrected chi connectivity index (χ4v) is 2.73. The van der Waals surface area contributed by atoms with Crippen molar-refractivity contribution in [3.63, 3.8) is 0 Å². The standard InChI is InChI=1S/C19H26N2O2/c1-4-5-11-20(3)14-17-19(23)18(22)12-15(2)21(17)13-16-9-7-6-8-10-16/h6-10,12,23H,4-5,11,13-14H2,1-3H3. The Bertz CT molecular complexity index is 693. The maximum Gasteiger partial charge on any atom is 0.223 e. The van der Waals surface area contributed by atoms with Gasteiger partial charge in [0.15, 0.2) is 5.75 Å². The van der Waals surface area contributed by atoms with Crippen LogP contribution in [0, 0.1) is 6.92 Å². The second-order valence-electron chi connectivity index (χ2n) is 6.11. The van der Waals surface area contributed by atoms with Gasteiger partial charge in [0.05, 0.1) is 5.69 Å². The van der Waals surface area contributed by atoms with Crippen molar-refractivity contribution in [3.8, 4) is 5.75 Å². The molecule has 2 rings (SSSR count). The normalized spacial score (nSPS) is 11.1. The number of aryl methyl sites for hydroxylation is 1. The first-order chi connectivity index (χ1) is 11.0. The summed E-state index contributed by atoms with van der Waals surface area (Å²) >= 11 is 0. The molecular weight excluding hydrogens is 288 g/mol. The van der Waals surface area contributed by atoms with E-state index in [4.69, 9.17) is 0 Å². The molecule has 4 nitrogen and oxygen atoms in total. The van der Waals surface area contributed by atoms with Crippen LogP contribution >= 0.6 is 0 Å². The molecule has 0 spiro atoms. The van der Waals surface area contributed by atoms with E-state index in [1.165, 1.54) is 6.07 Å². The van der Waals surface area contributed by atoms with Crippen LogP contribution in [0.1, 0.15) is 36.7 Å². The molecule has 0 aliphatic carbocycles. The zero-order valence-electron chi connectivity index (χ0n) is 14.2. The molecule has 0 fully saturated rings. The van der Waals surface area contributed by atoms with Crippen molar-refractivity contribution in [1.29, 1.82) is 0 Å². The van der Waals surface area contributed by atoms with Gasteiger partial charge in [0.1, 0.15) is 0 Å². The third-order valence-electron chi connectivity index (χ3n) is 4.09. The molecule has 1 aromatic heterocycles. The van der Waals surface area contributed by atoms with Crippen molar-refractivity contribution in [3.05, 3.63) is 63.6 Å². The van der Waals surface area contributed by atoms with Crippen molar-refractivity contribution in [1.82, 2.24) is 9.47 Å². The Morgan fingerprint density at radius 1 is 1.22 bits per heavy atom. The predicted molar refractivity (Wildman–Crippen MR) is 93.9 cm³/mol. The molecule has 23 heavy (non-hydrogen) atoms. The van der Waals surface area contributed by atoms with Gasteiger partial charge in [-0.15, -0.1) is 0 Å². The second kappa shape index (κ2) is 7.97. The van der Waals surface area contributed by atoms with Gasteiger partial charge in [-0.25, -0.2) is 0 Å². The van der Waals surface area contributed by atoms with Gasteiger partial charge in [-0.1, -0.05) is 43.7 Å². The largest absolute Gasteiger partial charge is 0.503 e. The van der Waals surface area contributed by atoms with Crippen LogP contribution in [-0.2, 0) is 13.1 Å². The van der Waals surface area contributed by atoms with Crippen molar-refractivity contribution < 1.29 is 5.11 Å². The lowest BCUT2D eigenvalue weighted by Crippen LogP contribution is -2.25. The third kappa shape index (κ3) is 4.45. The molecule has 0 atom stereocenters. The minimum atomic E-state index is -0.300. The molecule has 0 aliphatic rings. The highest BCUT2D eigenvalue weighted by Gasteiger charge is 2.15. The van der Waals surface area contributed by atoms with E-state index in [0.717, 1.165) is 30.6 Å². The van der Waals surface area contributed by atoms with Crippen molar-refractivity contribution in [2.75, 3.05) is 13.6 Å². The van der Waals surface area contributed by atoms with Crippen molar-refractivity contribution in [2.24, 2.45) is 0 Å². The quantitative estimate of drug-likeness (QED) is 0.854. The average Bonchev–Trinajstić information content (AvgIpc) is 2.55. The van der Waals surface area contributed by atoms with E-state index >= 15 is 0 Å². The molecule has 0 saturated carbocycles. The molecule has 124 valence electrons. The number of benzene rings is 1. The number of aromatic nitrogens is 1. The van der Waals surface area contributed by atoms with E-state index in [0.29, 0.717) is 18.8 Å². The first-order valence-electron chi connectivity index (χ1n) is 8.17. The molecule has 0 unspecified atom stereocenters. The van der Waals surface area contributed by atoms with E-state index in [-0.39, 0.29) is 11.2 Å². The monoisotopic (exact) mass is 314 g/mol. The van der Waals surface area contributed by atoms with E-state index < -0.39 is 0 Å². The smallest absolute Gasteiger partial charge is 0.223 e. The topological polar surface area (TPSA) is 45.5 Å². The third-order valence-corrected chi connectivity index (χ3v) is 4.09. The first-order valence-corrected chi connectivity index (χ1v) is 8.17. The summed E-state index contributed by atoms with van der Waals surface area (Å²) in [6, 6.07) is 11.6. The first kappa shape index (κ1) is 17.3. The van der Waals surface area contributed by atoms with Crippen LogP contribution in [0.3, 0.4) is 0 Å². The van der Waals surface area contributed by atoms with Crippen molar-refractivity contribution in [2.45, 2.75) is 39.8 Å². The van der Waals surface area contributed by atoms with Gasteiger partial charge >= 0.3 is 0 Å². The van der Waals surface area contributed by atoms with Crippen LogP contribution in [0.4, 0.5) is 0 Å². The van der Waals surface area contributed by atoms with Gasteiger partial charge in [0, 0.05) is 24.8 Å². The van der Waals surface area contributed by atoms with Gasteiger partial charge in [-0.05, 0) is 32.5 Å². The number of hydrogen-bond acceptors (Lipinski definition) is 3. The fraction of sp³-hybridized carbons (Fsp3) is 0.421. The zero-order valence-corrected chi connectivity index (χ0v) is 14.2. The Hall–Kier alpha value is -2.07. The van der Waals surface area contributed by atoms with Gasteiger partial charge in [0.25, 0.3) is 0 Å². The van der Waals surface area contributed by atoms with Gasteiger partial charge in [-0.3, -0.25) is 4.79 Å². The maximum absolute atomic E-state index is 12.0. The van der Waals surface area contributed by atoms with Gasteiger partial charge in [-0.2, -0.15) is 0 Å². The minimum Gasteiger partial charge on any atom is -0.503 e. The second-order valence-corrected chi connectivity index (χ2v) is 6.11. The summed E-state index contributed by atoms with van der Waals surface area (Å²) in [6.07, 6.45) is 2.23. The van der Waals surface area contributed by atoms with Crippen LogP contribution in [0.2, 0.25) is 0 Å². The summed E-state index contributed by atoms with van der Waals surface area (Å²) in [5.74, 6) is -0.130. The summed E-state index contributed by atoms with van der Waals surface area (Å²) in [5, 5.41) is 10.3. The number of nitrogens with zero attached hydrogens (tertiary/aromatic N) is 2. The predicted octanol–water partition coefficient (Wildman–Crippen LogP) is 3.14. The van der Waals surface area contributed by atoms with Gasteiger partial charge in [0.2, 0.25) is 5.43 Å². The maximum atomic E-state index is 12.0. The lowest BCUT2D eigenvalue weighted by Gasteiger charge is -2.22. The molecule has 0 aliphatic heterocycles. The molecule has 4 heteroatoms. The van der Waals surface area contributed by atoms with Crippen LogP contribution in [0.25, 0.3) is 0 Å². The fourth-order valence-electron chi connectivity index (χ4n) is 2.73. The molecule has 1 N–H and O–H groups in total. The Labute approximate surface area is 138 Å². The highest BCUT2D eigenvalue weighted by atomic mass is 16.3. The zero-order chi connectivity index (χ0) is 16.8. The lowest BCUT2D eigenvalue weighted by atomic mass is 10.1. The number of pyridine rings is 1. The SMILES string of the molecule is CCCCN(C)Cc1c(O)c(=O)cc(C)n1Cc1ccccc1. The van der Waals surface area contributed by atoms with Crippen LogP contribution < -0.4 is 5.43 Å². The number of aromatic hydroxyl groups is 1. The van der Waals surface area contributed by atoms with E-state index in [1.54, 1.807) is 0 Å². The average molecular weight is 314 g/mol. The number of hydrogen-bond donors (Lipinski definition) is 1. The molecule has 1 heterocycles. The summed E-state index contributed by atoms with van der Waals surface area (Å²) < 4.78 is 2.04. The number of rotatable bonds is 7. The molecule has 1 aromatic carbocycles. The lowest BCUT2D eigenvalue weighted by molar-refractivity contribution is 0.302. The molecule has 2 aromatic rings. The van der Waals surface area contributed by atoms with E-state index in [2.05, 4.69) is 24.0 Å². The Morgan fingerprint density at radius 3 is 2.57 bits per heavy atom. The van der Waals surface area contributed by atoms with Crippen molar-refractivity contribution >= 4 is 0 Å². The van der Waals surface area contributed by atoms with Crippen LogP contribution in [-0.4, -0.2) is 28.2 Å². The molecular formula is C19H26N2O2.